The summed E-state index contributed by atoms with van der Waals surface area (Å²) >= 11 is 0. The summed E-state index contributed by atoms with van der Waals surface area (Å²) in [7, 11) is -3.52. The van der Waals surface area contributed by atoms with Crippen molar-refractivity contribution in [2.45, 2.75) is 46.1 Å². The van der Waals surface area contributed by atoms with Gasteiger partial charge in [0, 0.05) is 5.54 Å². The molecule has 0 heterocycles. The maximum Gasteiger partial charge on any atom is 0.241 e. The molecule has 1 aromatic rings. The highest BCUT2D eigenvalue weighted by atomic mass is 32.2. The van der Waals surface area contributed by atoms with E-state index in [0.29, 0.717) is 5.69 Å². The van der Waals surface area contributed by atoms with Crippen LogP contribution >= 0.6 is 0 Å². The maximum atomic E-state index is 12.2. The lowest BCUT2D eigenvalue weighted by molar-refractivity contribution is -0.121. The zero-order valence-corrected chi connectivity index (χ0v) is 14.8. The Morgan fingerprint density at radius 1 is 1.18 bits per heavy atom. The molecule has 0 aromatic heterocycles. The first kappa shape index (κ1) is 18.5. The Bertz CT molecular complexity index is 607. The van der Waals surface area contributed by atoms with Gasteiger partial charge in [-0.3, -0.25) is 9.10 Å². The fourth-order valence-corrected chi connectivity index (χ4v) is 2.79. The fourth-order valence-electron chi connectivity index (χ4n) is 1.93. The van der Waals surface area contributed by atoms with Crippen molar-refractivity contribution in [3.8, 4) is 0 Å². The number of rotatable bonds is 7. The molecule has 0 aliphatic heterocycles. The van der Waals surface area contributed by atoms with Gasteiger partial charge in [-0.25, -0.2) is 8.42 Å². The molecule has 0 atom stereocenters. The van der Waals surface area contributed by atoms with Gasteiger partial charge in [-0.1, -0.05) is 26.0 Å². The molecular weight excluding hydrogens is 300 g/mol. The largest absolute Gasteiger partial charge is 0.350 e. The molecule has 1 aromatic carbocycles. The van der Waals surface area contributed by atoms with E-state index < -0.39 is 10.0 Å². The van der Waals surface area contributed by atoms with E-state index in [0.717, 1.165) is 29.0 Å². The highest BCUT2D eigenvalue weighted by Gasteiger charge is 2.24. The number of carbonyl (C=O) groups excluding carboxylic acids is 1. The van der Waals surface area contributed by atoms with Crippen molar-refractivity contribution in [3.05, 3.63) is 29.8 Å². The Kier molecular flexibility index (Phi) is 6.00. The minimum absolute atomic E-state index is 0.215. The first-order valence-corrected chi connectivity index (χ1v) is 9.31. The number of hydrogen-bond acceptors (Lipinski definition) is 3. The van der Waals surface area contributed by atoms with Gasteiger partial charge in [0.15, 0.2) is 0 Å². The van der Waals surface area contributed by atoms with E-state index in [9.17, 15) is 13.2 Å². The van der Waals surface area contributed by atoms with Gasteiger partial charge in [0.05, 0.1) is 11.9 Å². The van der Waals surface area contributed by atoms with Crippen molar-refractivity contribution in [3.63, 3.8) is 0 Å². The monoisotopic (exact) mass is 326 g/mol. The first-order chi connectivity index (χ1) is 10.1. The van der Waals surface area contributed by atoms with Crippen molar-refractivity contribution >= 4 is 21.6 Å². The van der Waals surface area contributed by atoms with Crippen molar-refractivity contribution in [2.24, 2.45) is 0 Å². The molecule has 0 saturated heterocycles. The molecule has 1 amide bonds. The van der Waals surface area contributed by atoms with Crippen molar-refractivity contribution < 1.29 is 13.2 Å². The van der Waals surface area contributed by atoms with Gasteiger partial charge in [-0.2, -0.15) is 0 Å². The van der Waals surface area contributed by atoms with E-state index in [1.165, 1.54) is 0 Å². The minimum atomic E-state index is -3.52. The van der Waals surface area contributed by atoms with Crippen LogP contribution in [-0.4, -0.2) is 32.7 Å². The van der Waals surface area contributed by atoms with Crippen LogP contribution in [0.4, 0.5) is 5.69 Å². The van der Waals surface area contributed by atoms with Crippen molar-refractivity contribution in [1.82, 2.24) is 5.32 Å². The third-order valence-electron chi connectivity index (χ3n) is 3.68. The minimum Gasteiger partial charge on any atom is -0.350 e. The van der Waals surface area contributed by atoms with E-state index in [4.69, 9.17) is 0 Å². The Hall–Kier alpha value is -1.56. The molecule has 5 nitrogen and oxygen atoms in total. The van der Waals surface area contributed by atoms with E-state index in [1.54, 1.807) is 12.1 Å². The second-order valence-electron chi connectivity index (χ2n) is 6.08. The fraction of sp³-hybridized carbons (Fsp3) is 0.562. The maximum absolute atomic E-state index is 12.2. The van der Waals surface area contributed by atoms with Crippen LogP contribution in [0.15, 0.2) is 24.3 Å². The molecule has 0 aliphatic rings. The zero-order chi connectivity index (χ0) is 17.0. The first-order valence-electron chi connectivity index (χ1n) is 7.46. The van der Waals surface area contributed by atoms with E-state index >= 15 is 0 Å². The molecule has 0 saturated carbocycles. The molecule has 0 radical (unpaired) electrons. The van der Waals surface area contributed by atoms with Crippen LogP contribution in [0.3, 0.4) is 0 Å². The number of anilines is 1. The second kappa shape index (κ2) is 7.13. The summed E-state index contributed by atoms with van der Waals surface area (Å²) in [6.07, 6.45) is 2.76. The summed E-state index contributed by atoms with van der Waals surface area (Å²) in [4.78, 5) is 12.2. The van der Waals surface area contributed by atoms with Gasteiger partial charge >= 0.3 is 0 Å². The number of benzene rings is 1. The molecule has 0 fully saturated rings. The quantitative estimate of drug-likeness (QED) is 0.836. The summed E-state index contributed by atoms with van der Waals surface area (Å²) in [6.45, 7) is 7.60. The lowest BCUT2D eigenvalue weighted by Crippen LogP contribution is -2.48. The van der Waals surface area contributed by atoms with Crippen LogP contribution in [0.25, 0.3) is 0 Å². The normalized spacial score (nSPS) is 12.0. The third kappa shape index (κ3) is 5.33. The van der Waals surface area contributed by atoms with Crippen molar-refractivity contribution in [1.29, 1.82) is 0 Å². The van der Waals surface area contributed by atoms with E-state index in [2.05, 4.69) is 5.32 Å². The van der Waals surface area contributed by atoms with Gasteiger partial charge in [0.1, 0.15) is 6.54 Å². The number of nitrogens with one attached hydrogen (secondary N) is 1. The summed E-state index contributed by atoms with van der Waals surface area (Å²) in [6, 6.07) is 7.22. The van der Waals surface area contributed by atoms with E-state index in [-0.39, 0.29) is 18.0 Å². The van der Waals surface area contributed by atoms with Crippen LogP contribution in [-0.2, 0) is 21.2 Å². The molecule has 0 aliphatic carbocycles. The Morgan fingerprint density at radius 2 is 1.73 bits per heavy atom. The van der Waals surface area contributed by atoms with Crippen LogP contribution in [0.5, 0.6) is 0 Å². The number of nitrogens with zero attached hydrogens (tertiary/aromatic N) is 1. The van der Waals surface area contributed by atoms with Gasteiger partial charge in [0.2, 0.25) is 15.9 Å². The van der Waals surface area contributed by atoms with Crippen LogP contribution < -0.4 is 9.62 Å². The third-order valence-corrected chi connectivity index (χ3v) is 4.82. The summed E-state index contributed by atoms with van der Waals surface area (Å²) < 4.78 is 25.1. The predicted molar refractivity (Wildman–Crippen MR) is 90.5 cm³/mol. The summed E-state index contributed by atoms with van der Waals surface area (Å²) in [5.41, 5.74) is 1.27. The van der Waals surface area contributed by atoms with Crippen LogP contribution in [0, 0.1) is 0 Å². The highest BCUT2D eigenvalue weighted by molar-refractivity contribution is 7.92. The number of carbonyl (C=O) groups is 1. The molecule has 6 heteroatoms. The smallest absolute Gasteiger partial charge is 0.241 e. The number of aryl methyl sites for hydroxylation is 1. The Labute approximate surface area is 133 Å². The highest BCUT2D eigenvalue weighted by Crippen LogP contribution is 2.18. The number of sulfonamides is 1. The molecule has 1 rings (SSSR count). The van der Waals surface area contributed by atoms with Gasteiger partial charge in [-0.05, 0) is 44.4 Å². The van der Waals surface area contributed by atoms with Gasteiger partial charge in [0.25, 0.3) is 0 Å². The summed E-state index contributed by atoms with van der Waals surface area (Å²) in [5, 5.41) is 2.86. The zero-order valence-electron chi connectivity index (χ0n) is 14.0. The van der Waals surface area contributed by atoms with Crippen molar-refractivity contribution in [2.75, 3.05) is 17.1 Å². The Balaban J connectivity index is 2.97. The van der Waals surface area contributed by atoms with Crippen LogP contribution in [0.2, 0.25) is 0 Å². The standard InChI is InChI=1S/C16H26N2O3S/c1-6-13-8-10-14(11-9-13)18(22(5,20)21)12-15(19)17-16(3,4)7-2/h8-11H,6-7,12H2,1-5H3,(H,17,19). The lowest BCUT2D eigenvalue weighted by Gasteiger charge is -2.27. The average molecular weight is 326 g/mol. The molecule has 0 bridgehead atoms. The molecule has 0 unspecified atom stereocenters. The predicted octanol–water partition coefficient (Wildman–Crippen LogP) is 2.32. The molecule has 124 valence electrons. The number of hydrogen-bond donors (Lipinski definition) is 1. The SMILES string of the molecule is CCc1ccc(N(CC(=O)NC(C)(C)CC)S(C)(=O)=O)cc1. The van der Waals surface area contributed by atoms with E-state index in [1.807, 2.05) is 39.8 Å². The Morgan fingerprint density at radius 3 is 2.14 bits per heavy atom. The van der Waals surface area contributed by atoms with Gasteiger partial charge in [-0.15, -0.1) is 0 Å². The molecular formula is C16H26N2O3S. The average Bonchev–Trinajstić information content (AvgIpc) is 2.43. The molecule has 22 heavy (non-hydrogen) atoms. The summed E-state index contributed by atoms with van der Waals surface area (Å²) in [5.74, 6) is -0.308. The molecule has 0 spiro atoms. The molecule has 1 N–H and O–H groups in total. The van der Waals surface area contributed by atoms with Gasteiger partial charge < -0.3 is 5.32 Å². The number of amides is 1. The second-order valence-corrected chi connectivity index (χ2v) is 7.98. The van der Waals surface area contributed by atoms with Crippen LogP contribution in [0.1, 0.15) is 39.7 Å². The lowest BCUT2D eigenvalue weighted by atomic mass is 10.0. The topological polar surface area (TPSA) is 66.5 Å².